The normalized spacial score (nSPS) is 19.8. The molecule has 0 amide bonds. The predicted molar refractivity (Wildman–Crippen MR) is 108 cm³/mol. The Morgan fingerprint density at radius 2 is 1.89 bits per heavy atom. The third-order valence-corrected chi connectivity index (χ3v) is 5.11. The number of aromatic amines is 1. The van der Waals surface area contributed by atoms with Crippen LogP contribution in [0.5, 0.6) is 0 Å². The monoisotopic (exact) mass is 382 g/mol. The number of rotatable bonds is 7. The van der Waals surface area contributed by atoms with Crippen molar-refractivity contribution < 1.29 is 14.9 Å². The van der Waals surface area contributed by atoms with E-state index >= 15 is 0 Å². The highest BCUT2D eigenvalue weighted by molar-refractivity contribution is 5.89. The summed E-state index contributed by atoms with van der Waals surface area (Å²) in [6.45, 7) is 0.678. The first kappa shape index (κ1) is 18.9. The fourth-order valence-electron chi connectivity index (χ4n) is 3.63. The van der Waals surface area contributed by atoms with Crippen LogP contribution in [-0.4, -0.2) is 50.5 Å². The minimum Gasteiger partial charge on any atom is -0.394 e. The number of aromatic nitrogens is 3. The fourth-order valence-corrected chi connectivity index (χ4v) is 3.63. The highest BCUT2D eigenvalue weighted by atomic mass is 16.5. The van der Waals surface area contributed by atoms with Crippen molar-refractivity contribution in [3.63, 3.8) is 0 Å². The highest BCUT2D eigenvalue weighted by Crippen LogP contribution is 2.29. The standard InChI is InChI=1S/C21H26N4O3/c26-10-11-28-13-16-12-18-20(22-15-6-8-17(27)9-7-15)24-19(25-21(18)23-16)14-4-2-1-3-5-14/h1-5,12,15,17,26-27H,6-11,13H2,(H2,22,23,24,25). The van der Waals surface area contributed by atoms with Gasteiger partial charge in [0.2, 0.25) is 0 Å². The summed E-state index contributed by atoms with van der Waals surface area (Å²) >= 11 is 0. The van der Waals surface area contributed by atoms with Crippen LogP contribution < -0.4 is 5.32 Å². The van der Waals surface area contributed by atoms with Crippen molar-refractivity contribution in [2.24, 2.45) is 0 Å². The molecule has 4 rings (SSSR count). The molecule has 1 aliphatic rings. The lowest BCUT2D eigenvalue weighted by Crippen LogP contribution is -2.28. The molecule has 0 bridgehead atoms. The van der Waals surface area contributed by atoms with E-state index in [4.69, 9.17) is 19.8 Å². The smallest absolute Gasteiger partial charge is 0.163 e. The second-order valence-electron chi connectivity index (χ2n) is 7.24. The van der Waals surface area contributed by atoms with Gasteiger partial charge < -0.3 is 25.3 Å². The van der Waals surface area contributed by atoms with Gasteiger partial charge in [-0.05, 0) is 31.7 Å². The molecule has 7 nitrogen and oxygen atoms in total. The molecule has 1 saturated carbocycles. The average molecular weight is 382 g/mol. The van der Waals surface area contributed by atoms with Crippen LogP contribution in [0.4, 0.5) is 5.82 Å². The molecule has 0 radical (unpaired) electrons. The molecule has 0 aliphatic heterocycles. The number of hydrogen-bond donors (Lipinski definition) is 4. The van der Waals surface area contributed by atoms with E-state index in [2.05, 4.69) is 10.3 Å². The predicted octanol–water partition coefficient (Wildman–Crippen LogP) is 2.85. The fraction of sp³-hybridized carbons (Fsp3) is 0.429. The van der Waals surface area contributed by atoms with E-state index in [1.165, 1.54) is 0 Å². The lowest BCUT2D eigenvalue weighted by molar-refractivity contribution is 0.0800. The Labute approximate surface area is 163 Å². The van der Waals surface area contributed by atoms with Crippen molar-refractivity contribution >= 4 is 16.9 Å². The average Bonchev–Trinajstić information content (AvgIpc) is 3.14. The van der Waals surface area contributed by atoms with E-state index in [-0.39, 0.29) is 18.8 Å². The summed E-state index contributed by atoms with van der Waals surface area (Å²) in [6, 6.07) is 12.2. The first-order valence-corrected chi connectivity index (χ1v) is 9.81. The first-order chi connectivity index (χ1) is 13.7. The number of ether oxygens (including phenoxy) is 1. The molecule has 3 aromatic rings. The second-order valence-corrected chi connectivity index (χ2v) is 7.24. The van der Waals surface area contributed by atoms with Crippen molar-refractivity contribution in [1.82, 2.24) is 15.0 Å². The summed E-state index contributed by atoms with van der Waals surface area (Å²) in [5.41, 5.74) is 2.61. The van der Waals surface area contributed by atoms with Crippen LogP contribution in [0.3, 0.4) is 0 Å². The van der Waals surface area contributed by atoms with Gasteiger partial charge in [0.05, 0.1) is 31.3 Å². The molecule has 2 heterocycles. The van der Waals surface area contributed by atoms with E-state index < -0.39 is 0 Å². The molecule has 0 spiro atoms. The van der Waals surface area contributed by atoms with Crippen LogP contribution in [0.1, 0.15) is 31.4 Å². The molecule has 0 unspecified atom stereocenters. The van der Waals surface area contributed by atoms with Gasteiger partial charge in [0.15, 0.2) is 5.82 Å². The molecule has 28 heavy (non-hydrogen) atoms. The number of aliphatic hydroxyl groups is 2. The Morgan fingerprint density at radius 1 is 1.11 bits per heavy atom. The summed E-state index contributed by atoms with van der Waals surface area (Å²) in [7, 11) is 0. The molecule has 2 aromatic heterocycles. The summed E-state index contributed by atoms with van der Waals surface area (Å²) in [5.74, 6) is 1.46. The van der Waals surface area contributed by atoms with Crippen LogP contribution >= 0.6 is 0 Å². The Balaban J connectivity index is 1.67. The lowest BCUT2D eigenvalue weighted by Gasteiger charge is -2.26. The third kappa shape index (κ3) is 4.32. The maximum atomic E-state index is 9.77. The largest absolute Gasteiger partial charge is 0.394 e. The molecule has 1 aliphatic carbocycles. The summed E-state index contributed by atoms with van der Waals surface area (Å²) in [6.07, 6.45) is 3.27. The number of hydrogen-bond acceptors (Lipinski definition) is 6. The van der Waals surface area contributed by atoms with Gasteiger partial charge in [-0.15, -0.1) is 0 Å². The SMILES string of the molecule is OCCOCc1cc2c(NC3CCC(O)CC3)nc(-c3ccccc3)nc2[nH]1. The van der Waals surface area contributed by atoms with Gasteiger partial charge in [-0.1, -0.05) is 30.3 Å². The van der Waals surface area contributed by atoms with Gasteiger partial charge >= 0.3 is 0 Å². The number of H-pyrrole nitrogens is 1. The quantitative estimate of drug-likeness (QED) is 0.469. The molecule has 1 fully saturated rings. The van der Waals surface area contributed by atoms with E-state index in [9.17, 15) is 5.11 Å². The van der Waals surface area contributed by atoms with Crippen LogP contribution in [0.25, 0.3) is 22.4 Å². The number of aliphatic hydroxyl groups excluding tert-OH is 2. The van der Waals surface area contributed by atoms with Crippen molar-refractivity contribution in [2.75, 3.05) is 18.5 Å². The van der Waals surface area contributed by atoms with E-state index in [1.807, 2.05) is 36.4 Å². The molecular weight excluding hydrogens is 356 g/mol. The number of nitrogens with one attached hydrogen (secondary N) is 2. The molecule has 1 aromatic carbocycles. The zero-order valence-electron chi connectivity index (χ0n) is 15.8. The van der Waals surface area contributed by atoms with Crippen LogP contribution in [0.2, 0.25) is 0 Å². The number of anilines is 1. The Bertz CT molecular complexity index is 905. The van der Waals surface area contributed by atoms with E-state index in [0.717, 1.165) is 53.8 Å². The van der Waals surface area contributed by atoms with Gasteiger partial charge in [0, 0.05) is 17.3 Å². The molecule has 7 heteroatoms. The maximum absolute atomic E-state index is 9.77. The Kier molecular flexibility index (Phi) is 5.85. The molecule has 4 N–H and O–H groups in total. The van der Waals surface area contributed by atoms with Crippen LogP contribution in [0, 0.1) is 0 Å². The number of benzene rings is 1. The van der Waals surface area contributed by atoms with Gasteiger partial charge in [-0.25, -0.2) is 9.97 Å². The molecule has 148 valence electrons. The van der Waals surface area contributed by atoms with Crippen molar-refractivity contribution in [2.45, 2.75) is 44.4 Å². The van der Waals surface area contributed by atoms with Crippen molar-refractivity contribution in [1.29, 1.82) is 0 Å². The highest BCUT2D eigenvalue weighted by Gasteiger charge is 2.21. The third-order valence-electron chi connectivity index (χ3n) is 5.11. The van der Waals surface area contributed by atoms with Crippen LogP contribution in [-0.2, 0) is 11.3 Å². The van der Waals surface area contributed by atoms with Crippen molar-refractivity contribution in [3.8, 4) is 11.4 Å². The zero-order chi connectivity index (χ0) is 19.3. The minimum absolute atomic E-state index is 0.00146. The second kappa shape index (κ2) is 8.68. The molecule has 0 saturated heterocycles. The summed E-state index contributed by atoms with van der Waals surface area (Å²) in [4.78, 5) is 12.8. The zero-order valence-corrected chi connectivity index (χ0v) is 15.8. The number of fused-ring (bicyclic) bond motifs is 1. The van der Waals surface area contributed by atoms with Crippen molar-refractivity contribution in [3.05, 3.63) is 42.1 Å². The molecule has 0 atom stereocenters. The van der Waals surface area contributed by atoms with E-state index in [0.29, 0.717) is 19.0 Å². The topological polar surface area (TPSA) is 103 Å². The minimum atomic E-state index is -0.189. The lowest BCUT2D eigenvalue weighted by atomic mass is 9.93. The van der Waals surface area contributed by atoms with E-state index in [1.54, 1.807) is 0 Å². The maximum Gasteiger partial charge on any atom is 0.163 e. The van der Waals surface area contributed by atoms with Gasteiger partial charge in [0.25, 0.3) is 0 Å². The molecular formula is C21H26N4O3. The summed E-state index contributed by atoms with van der Waals surface area (Å²) in [5, 5.41) is 23.2. The summed E-state index contributed by atoms with van der Waals surface area (Å²) < 4.78 is 5.44. The van der Waals surface area contributed by atoms with Gasteiger partial charge in [-0.3, -0.25) is 0 Å². The van der Waals surface area contributed by atoms with Gasteiger partial charge in [-0.2, -0.15) is 0 Å². The Morgan fingerprint density at radius 3 is 2.64 bits per heavy atom. The number of nitrogens with zero attached hydrogens (tertiary/aromatic N) is 2. The first-order valence-electron chi connectivity index (χ1n) is 9.81. The van der Waals surface area contributed by atoms with Crippen LogP contribution in [0.15, 0.2) is 36.4 Å². The Hall–Kier alpha value is -2.48. The van der Waals surface area contributed by atoms with Gasteiger partial charge in [0.1, 0.15) is 11.5 Å².